The zero-order chi connectivity index (χ0) is 17.8. The van der Waals surface area contributed by atoms with Crippen LogP contribution in [0.1, 0.15) is 23.3 Å². The predicted octanol–water partition coefficient (Wildman–Crippen LogP) is 2.82. The average Bonchev–Trinajstić information content (AvgIpc) is 3.20. The maximum Gasteiger partial charge on any atom is 0.341 e. The Balaban J connectivity index is 1.77. The molecule has 128 valence electrons. The molecule has 1 atom stereocenters. The molecule has 2 heterocycles. The lowest BCUT2D eigenvalue weighted by atomic mass is 10.1. The largest absolute Gasteiger partial charge is 0.479 e. The third-order valence-electron chi connectivity index (χ3n) is 4.02. The van der Waals surface area contributed by atoms with Crippen LogP contribution in [-0.2, 0) is 16.0 Å². The molecule has 2 aromatic rings. The monoisotopic (exact) mass is 356 g/mol. The van der Waals surface area contributed by atoms with Crippen LogP contribution >= 0.6 is 11.3 Å². The molecule has 1 saturated heterocycles. The van der Waals surface area contributed by atoms with Crippen molar-refractivity contribution < 1.29 is 19.4 Å². The lowest BCUT2D eigenvalue weighted by Crippen LogP contribution is -2.34. The summed E-state index contributed by atoms with van der Waals surface area (Å²) in [5, 5.41) is 18.5. The first kappa shape index (κ1) is 17.0. The summed E-state index contributed by atoms with van der Waals surface area (Å²) >= 11 is 1.38. The molecule has 0 aliphatic carbocycles. The quantitative estimate of drug-likeness (QED) is 0.859. The van der Waals surface area contributed by atoms with Crippen molar-refractivity contribution in [1.82, 2.24) is 0 Å². The molecule has 0 bridgehead atoms. The summed E-state index contributed by atoms with van der Waals surface area (Å²) in [4.78, 5) is 25.7. The highest BCUT2D eigenvalue weighted by Crippen LogP contribution is 2.33. The van der Waals surface area contributed by atoms with E-state index in [1.165, 1.54) is 11.3 Å². The van der Waals surface area contributed by atoms with Crippen LogP contribution in [0.15, 0.2) is 36.4 Å². The highest BCUT2D eigenvalue weighted by atomic mass is 32.1. The van der Waals surface area contributed by atoms with E-state index in [1.54, 1.807) is 29.2 Å². The van der Waals surface area contributed by atoms with Gasteiger partial charge in [0.1, 0.15) is 6.07 Å². The van der Waals surface area contributed by atoms with E-state index in [-0.39, 0.29) is 18.6 Å². The standard InChI is InChI=1S/C18H16N2O4S/c19-10-12-3-1-2-4-15(12)20-13(5-7-16(20)21)9-14-6-8-18(25-14)24-11-17(22)23/h1-4,6,8,13H,5,7,9,11H2,(H,22,23). The van der Waals surface area contributed by atoms with Crippen molar-refractivity contribution in [3.05, 3.63) is 46.8 Å². The van der Waals surface area contributed by atoms with E-state index < -0.39 is 5.97 Å². The van der Waals surface area contributed by atoms with Gasteiger partial charge in [0.15, 0.2) is 11.7 Å². The maximum absolute atomic E-state index is 12.4. The van der Waals surface area contributed by atoms with Crippen LogP contribution in [0, 0.1) is 11.3 Å². The van der Waals surface area contributed by atoms with E-state index in [9.17, 15) is 14.9 Å². The second kappa shape index (κ2) is 7.36. The summed E-state index contributed by atoms with van der Waals surface area (Å²) < 4.78 is 5.18. The van der Waals surface area contributed by atoms with Gasteiger partial charge in [-0.1, -0.05) is 12.1 Å². The summed E-state index contributed by atoms with van der Waals surface area (Å²) in [7, 11) is 0. The summed E-state index contributed by atoms with van der Waals surface area (Å²) in [5.41, 5.74) is 1.14. The van der Waals surface area contributed by atoms with Gasteiger partial charge in [0, 0.05) is 23.8 Å². The fourth-order valence-electron chi connectivity index (χ4n) is 2.96. The highest BCUT2D eigenvalue weighted by molar-refractivity contribution is 7.13. The minimum atomic E-state index is -1.02. The molecule has 1 aromatic heterocycles. The molecule has 1 aromatic carbocycles. The molecule has 6 nitrogen and oxygen atoms in total. The molecule has 0 radical (unpaired) electrons. The summed E-state index contributed by atoms with van der Waals surface area (Å²) in [6.45, 7) is -0.371. The van der Waals surface area contributed by atoms with Gasteiger partial charge in [-0.15, -0.1) is 11.3 Å². The van der Waals surface area contributed by atoms with Gasteiger partial charge < -0.3 is 14.7 Å². The van der Waals surface area contributed by atoms with Gasteiger partial charge in [-0.3, -0.25) is 4.79 Å². The van der Waals surface area contributed by atoms with Gasteiger partial charge in [-0.25, -0.2) is 4.79 Å². The Kier molecular flexibility index (Phi) is 5.00. The Bertz CT molecular complexity index is 840. The molecule has 1 fully saturated rings. The van der Waals surface area contributed by atoms with Crippen molar-refractivity contribution in [3.8, 4) is 11.1 Å². The van der Waals surface area contributed by atoms with E-state index in [2.05, 4.69) is 6.07 Å². The summed E-state index contributed by atoms with van der Waals surface area (Å²) in [6, 6.07) is 12.9. The first-order valence-corrected chi connectivity index (χ1v) is 8.64. The second-order valence-electron chi connectivity index (χ2n) is 5.69. The highest BCUT2D eigenvalue weighted by Gasteiger charge is 2.33. The molecule has 1 aliphatic heterocycles. The number of carbonyl (C=O) groups is 2. The minimum Gasteiger partial charge on any atom is -0.479 e. The molecule has 1 aliphatic rings. The zero-order valence-electron chi connectivity index (χ0n) is 13.3. The van der Waals surface area contributed by atoms with E-state index >= 15 is 0 Å². The van der Waals surface area contributed by atoms with Gasteiger partial charge in [0.05, 0.1) is 11.3 Å². The van der Waals surface area contributed by atoms with Crippen LogP contribution in [0.25, 0.3) is 0 Å². The third-order valence-corrected chi connectivity index (χ3v) is 5.04. The van der Waals surface area contributed by atoms with Gasteiger partial charge in [-0.05, 0) is 30.7 Å². The normalized spacial score (nSPS) is 16.7. The zero-order valence-corrected chi connectivity index (χ0v) is 14.2. The number of thiophene rings is 1. The Hall–Kier alpha value is -2.85. The number of ether oxygens (including phenoxy) is 1. The molecule has 1 N–H and O–H groups in total. The Morgan fingerprint density at radius 3 is 2.92 bits per heavy atom. The summed E-state index contributed by atoms with van der Waals surface area (Å²) in [6.07, 6.45) is 1.83. The minimum absolute atomic E-state index is 0.0200. The molecule has 0 saturated carbocycles. The van der Waals surface area contributed by atoms with Crippen LogP contribution in [0.2, 0.25) is 0 Å². The number of carboxylic acid groups (broad SMARTS) is 1. The van der Waals surface area contributed by atoms with Crippen molar-refractivity contribution in [2.75, 3.05) is 11.5 Å². The number of rotatable bonds is 6. The van der Waals surface area contributed by atoms with Gasteiger partial charge >= 0.3 is 5.97 Å². The van der Waals surface area contributed by atoms with Crippen LogP contribution < -0.4 is 9.64 Å². The number of para-hydroxylation sites is 1. The summed E-state index contributed by atoms with van der Waals surface area (Å²) in [5.74, 6) is -0.998. The van der Waals surface area contributed by atoms with Crippen molar-refractivity contribution in [2.24, 2.45) is 0 Å². The van der Waals surface area contributed by atoms with Crippen molar-refractivity contribution in [1.29, 1.82) is 5.26 Å². The first-order valence-electron chi connectivity index (χ1n) is 7.83. The molecule has 25 heavy (non-hydrogen) atoms. The van der Waals surface area contributed by atoms with Crippen LogP contribution in [0.3, 0.4) is 0 Å². The van der Waals surface area contributed by atoms with Crippen LogP contribution in [0.5, 0.6) is 5.06 Å². The smallest absolute Gasteiger partial charge is 0.341 e. The average molecular weight is 356 g/mol. The molecule has 0 spiro atoms. The second-order valence-corrected chi connectivity index (χ2v) is 6.82. The first-order chi connectivity index (χ1) is 12.1. The number of carbonyl (C=O) groups excluding carboxylic acids is 1. The van der Waals surface area contributed by atoms with Gasteiger partial charge in [0.2, 0.25) is 5.91 Å². The molecule has 3 rings (SSSR count). The van der Waals surface area contributed by atoms with E-state index in [4.69, 9.17) is 9.84 Å². The predicted molar refractivity (Wildman–Crippen MR) is 92.8 cm³/mol. The number of anilines is 1. The van der Waals surface area contributed by atoms with E-state index in [0.29, 0.717) is 29.2 Å². The number of benzene rings is 1. The molecule has 1 unspecified atom stereocenters. The topological polar surface area (TPSA) is 90.6 Å². The number of nitriles is 1. The number of aliphatic carboxylic acids is 1. The van der Waals surface area contributed by atoms with Crippen molar-refractivity contribution in [2.45, 2.75) is 25.3 Å². The fourth-order valence-corrected chi connectivity index (χ4v) is 3.88. The number of hydrogen-bond acceptors (Lipinski definition) is 5. The number of hydrogen-bond donors (Lipinski definition) is 1. The van der Waals surface area contributed by atoms with Crippen LogP contribution in [0.4, 0.5) is 5.69 Å². The lowest BCUT2D eigenvalue weighted by molar-refractivity contribution is -0.139. The van der Waals surface area contributed by atoms with Gasteiger partial charge in [0.25, 0.3) is 0 Å². The molecule has 7 heteroatoms. The van der Waals surface area contributed by atoms with E-state index in [0.717, 1.165) is 11.3 Å². The SMILES string of the molecule is N#Cc1ccccc1N1C(=O)CCC1Cc1ccc(OCC(=O)O)s1. The Labute approximate surface area is 148 Å². The third kappa shape index (κ3) is 3.80. The number of amides is 1. The number of nitrogens with zero attached hydrogens (tertiary/aromatic N) is 2. The molecular weight excluding hydrogens is 340 g/mol. The van der Waals surface area contributed by atoms with Crippen molar-refractivity contribution in [3.63, 3.8) is 0 Å². The van der Waals surface area contributed by atoms with E-state index in [1.807, 2.05) is 12.1 Å². The molecular formula is C18H16N2O4S. The number of carboxylic acids is 1. The maximum atomic E-state index is 12.4. The lowest BCUT2D eigenvalue weighted by Gasteiger charge is -2.25. The fraction of sp³-hybridized carbons (Fsp3) is 0.278. The van der Waals surface area contributed by atoms with Crippen LogP contribution in [-0.4, -0.2) is 29.6 Å². The Morgan fingerprint density at radius 1 is 1.36 bits per heavy atom. The Morgan fingerprint density at radius 2 is 2.16 bits per heavy atom. The van der Waals surface area contributed by atoms with Crippen molar-refractivity contribution >= 4 is 28.9 Å². The molecule has 1 amide bonds. The van der Waals surface area contributed by atoms with Gasteiger partial charge in [-0.2, -0.15) is 5.26 Å².